The number of hydrogen-bond donors (Lipinski definition) is 3. The van der Waals surface area contributed by atoms with E-state index in [4.69, 9.17) is 45.6 Å². The molecular weight excluding hydrogens is 1400 g/mol. The highest BCUT2D eigenvalue weighted by Crippen LogP contribution is 2.32. The van der Waals surface area contributed by atoms with Gasteiger partial charge in [-0.25, -0.2) is 42.3 Å². The summed E-state index contributed by atoms with van der Waals surface area (Å²) in [6.07, 6.45) is -11.2. The Morgan fingerprint density at radius 1 is 0.644 bits per heavy atom. The molecule has 0 saturated carbocycles. The van der Waals surface area contributed by atoms with E-state index in [1.54, 1.807) is 17.3 Å². The van der Waals surface area contributed by atoms with Crippen molar-refractivity contribution < 1.29 is 129 Å². The lowest BCUT2D eigenvalue weighted by Gasteiger charge is -2.32. The third-order valence-electron chi connectivity index (χ3n) is 13.4. The molecule has 0 unspecified atom stereocenters. The van der Waals surface area contributed by atoms with E-state index in [1.807, 2.05) is 81.4 Å². The second kappa shape index (κ2) is 44.5. The lowest BCUT2D eigenvalue weighted by atomic mass is 10.1. The Labute approximate surface area is 580 Å². The summed E-state index contributed by atoms with van der Waals surface area (Å²) in [7, 11) is 1.41. The number of pyridine rings is 2. The van der Waals surface area contributed by atoms with E-state index < -0.39 is 103 Å². The molecule has 2 fully saturated rings. The molecule has 2 aliphatic heterocycles. The molecular formula is C67H82ClF14N5O14. The van der Waals surface area contributed by atoms with E-state index in [0.717, 1.165) is 21.5 Å². The molecule has 0 spiro atoms. The zero-order valence-electron chi connectivity index (χ0n) is 54.3. The fourth-order valence-electron chi connectivity index (χ4n) is 8.13. The second-order valence-electron chi connectivity index (χ2n) is 21.4. The number of nitrogens with zero attached hydrogens (tertiary/aromatic N) is 5. The molecule has 0 bridgehead atoms. The van der Waals surface area contributed by atoms with Gasteiger partial charge in [-0.2, -0.15) is 48.3 Å². The molecule has 0 aliphatic carbocycles. The van der Waals surface area contributed by atoms with Crippen LogP contribution in [-0.2, 0) is 30.3 Å². The highest BCUT2D eigenvalue weighted by atomic mass is 35.5. The first-order chi connectivity index (χ1) is 46.4. The number of benzene rings is 4. The molecule has 564 valence electrons. The number of carboxylic acid groups (broad SMARTS) is 1. The minimum Gasteiger partial charge on any atom is -0.497 e. The number of aromatic nitrogens is 2. The maximum absolute atomic E-state index is 13.5. The normalized spacial score (nSPS) is 13.7. The predicted molar refractivity (Wildman–Crippen MR) is 347 cm³/mol. The molecule has 0 radical (unpaired) electrons. The Morgan fingerprint density at radius 2 is 1.09 bits per heavy atom. The van der Waals surface area contributed by atoms with Crippen LogP contribution in [0.1, 0.15) is 87.6 Å². The van der Waals surface area contributed by atoms with Crippen LogP contribution in [0.5, 0.6) is 17.4 Å². The molecule has 4 aromatic carbocycles. The molecule has 19 nitrogen and oxygen atoms in total. The zero-order valence-corrected chi connectivity index (χ0v) is 55.1. The van der Waals surface area contributed by atoms with Gasteiger partial charge in [-0.05, 0) is 99.9 Å². The van der Waals surface area contributed by atoms with Gasteiger partial charge in [0, 0.05) is 62.2 Å². The van der Waals surface area contributed by atoms with Gasteiger partial charge in [0.05, 0.1) is 33.0 Å². The molecule has 4 heterocycles. The van der Waals surface area contributed by atoms with Gasteiger partial charge in [-0.15, -0.1) is 12.8 Å². The smallest absolute Gasteiger partial charge is 0.497 e. The molecule has 3 N–H and O–H groups in total. The number of methoxy groups -OCH3 is 1. The van der Waals surface area contributed by atoms with Crippen molar-refractivity contribution in [1.82, 2.24) is 24.7 Å². The molecule has 101 heavy (non-hydrogen) atoms. The summed E-state index contributed by atoms with van der Waals surface area (Å²) in [5.74, 6) is -16.5. The number of carbonyl (C=O) groups is 4. The van der Waals surface area contributed by atoms with Gasteiger partial charge in [-0.3, -0.25) is 0 Å². The van der Waals surface area contributed by atoms with E-state index >= 15 is 0 Å². The third-order valence-corrected chi connectivity index (χ3v) is 13.7. The number of hydrogen-bond acceptors (Lipinski definition) is 16. The maximum atomic E-state index is 13.5. The van der Waals surface area contributed by atoms with Crippen LogP contribution in [0.25, 0.3) is 21.5 Å². The minimum absolute atomic E-state index is 0. The lowest BCUT2D eigenvalue weighted by molar-refractivity contribution is -0.221. The highest BCUT2D eigenvalue weighted by Gasteiger charge is 2.45. The largest absolute Gasteiger partial charge is 0.514 e. The van der Waals surface area contributed by atoms with Crippen LogP contribution in [0.3, 0.4) is 0 Å². The number of ether oxygens (including phenoxy) is 7. The Bertz CT molecular complexity index is 3430. The summed E-state index contributed by atoms with van der Waals surface area (Å²) in [5.41, 5.74) is -0.00152. The molecule has 34 heteroatoms. The molecule has 2 amide bonds. The standard InChI is InChI=1S/C18H12F8O5.C18H19F3N2O4.C10H19NO3.C9H6ClN.C6H15N.C2HF3O2.C2H2.2CH4/c1-28-9-4-2-8(3-5-9)6-29-7-10(18(24,25)26)30-17(27)31-16-14(22)12(20)11(19)13(21)15(16)23;19-18(20,21)15(11-24)27-17(25)23-9-6-13(7-10-23)26-16-14-4-2-1-3-12(14)5-8-22-16;1-10(2,3)14-9(13)11-6-4-8(12)5-7-11;10-9-8-4-2-1-3-7(8)5-6-11-9;1-4-7(5-2)6-3;3-2(4,5)1(6)7;1-2;;/h2-5,10H,6-7H2,1H3;1-5,8,13,15,24H,6-7,9-11H2;8,12H,4-7H2,1-3H3;1-6H;4-6H2,1-3H3;(H,6,7);1-2H;2*1H4/t10-;15-;;;;;;;/m11......./s1. The number of amides is 2. The van der Waals surface area contributed by atoms with Crippen molar-refractivity contribution in [3.63, 3.8) is 0 Å². The van der Waals surface area contributed by atoms with Crippen molar-refractivity contribution in [2.75, 3.05) is 66.1 Å². The van der Waals surface area contributed by atoms with Crippen LogP contribution >= 0.6 is 11.6 Å². The van der Waals surface area contributed by atoms with Crippen LogP contribution < -0.4 is 14.2 Å². The average Bonchev–Trinajstić information content (AvgIpc) is 0.803. The number of carboxylic acids is 1. The lowest BCUT2D eigenvalue weighted by Crippen LogP contribution is -2.46. The van der Waals surface area contributed by atoms with Crippen molar-refractivity contribution in [1.29, 1.82) is 0 Å². The topological polar surface area (TPSA) is 229 Å². The quantitative estimate of drug-likeness (QED) is 0.0135. The van der Waals surface area contributed by atoms with Crippen molar-refractivity contribution in [3.8, 4) is 30.2 Å². The van der Waals surface area contributed by atoms with Gasteiger partial charge < -0.3 is 63.2 Å². The first kappa shape index (κ1) is 92.3. The van der Waals surface area contributed by atoms with Crippen molar-refractivity contribution in [2.45, 2.75) is 137 Å². The monoisotopic (exact) mass is 1480 g/mol. The fourth-order valence-corrected chi connectivity index (χ4v) is 8.36. The third kappa shape index (κ3) is 32.2. The van der Waals surface area contributed by atoms with Crippen molar-refractivity contribution in [2.24, 2.45) is 0 Å². The molecule has 2 aliphatic rings. The molecule has 2 aromatic heterocycles. The SMILES string of the molecule is C.C.C#C.CC(C)(C)OC(=O)N1CCC(O)CC1.CCN(CC)CC.COc1ccc(COC[C@@H](OC(=O)Oc2c(F)c(F)c(F)c(F)c2F)C(F)(F)F)cc1.Clc1nccc2ccccc12.O=C(O)C(F)(F)F.O=C(O[C@H](CO)C(F)(F)F)N1CCC(Oc2nccc3ccccc23)CC1. The Kier molecular flexibility index (Phi) is 40.7. The number of rotatable bonds is 14. The molecule has 2 atom stereocenters. The Hall–Kier alpha value is -8.71. The summed E-state index contributed by atoms with van der Waals surface area (Å²) in [4.78, 5) is 57.3. The van der Waals surface area contributed by atoms with E-state index in [0.29, 0.717) is 61.1 Å². The summed E-state index contributed by atoms with van der Waals surface area (Å²) < 4.78 is 208. The number of aliphatic carboxylic acids is 1. The number of carbonyl (C=O) groups excluding carboxylic acids is 3. The van der Waals surface area contributed by atoms with Crippen LogP contribution in [0.15, 0.2) is 97.3 Å². The van der Waals surface area contributed by atoms with Gasteiger partial charge in [-0.1, -0.05) is 102 Å². The number of fused-ring (bicyclic) bond motifs is 2. The Morgan fingerprint density at radius 3 is 1.52 bits per heavy atom. The van der Waals surface area contributed by atoms with Gasteiger partial charge in [0.2, 0.25) is 52.9 Å². The van der Waals surface area contributed by atoms with E-state index in [-0.39, 0.29) is 52.9 Å². The van der Waals surface area contributed by atoms with Crippen molar-refractivity contribution in [3.05, 3.63) is 137 Å². The highest BCUT2D eigenvalue weighted by molar-refractivity contribution is 6.34. The summed E-state index contributed by atoms with van der Waals surface area (Å²) in [6, 6.07) is 25.4. The molecule has 2 saturated heterocycles. The average molecular weight is 1480 g/mol. The first-order valence-corrected chi connectivity index (χ1v) is 30.1. The van der Waals surface area contributed by atoms with Crippen LogP contribution in [0.2, 0.25) is 5.15 Å². The number of likely N-dealkylation sites (tertiary alicyclic amines) is 2. The molecule has 6 aromatic rings. The number of terminal acetylenes is 1. The number of aliphatic hydroxyl groups is 2. The first-order valence-electron chi connectivity index (χ1n) is 29.7. The van der Waals surface area contributed by atoms with E-state index in [9.17, 15) is 81.0 Å². The summed E-state index contributed by atoms with van der Waals surface area (Å²) in [6.45, 7) is 14.4. The van der Waals surface area contributed by atoms with Crippen LogP contribution in [0, 0.1) is 41.9 Å². The van der Waals surface area contributed by atoms with Gasteiger partial charge >= 0.3 is 42.8 Å². The van der Waals surface area contributed by atoms with E-state index in [1.165, 1.54) is 55.9 Å². The summed E-state index contributed by atoms with van der Waals surface area (Å²) in [5, 5.41) is 29.7. The number of halogens is 15. The summed E-state index contributed by atoms with van der Waals surface area (Å²) >= 11 is 5.85. The van der Waals surface area contributed by atoms with Crippen LogP contribution in [0.4, 0.5) is 75.8 Å². The van der Waals surface area contributed by atoms with Crippen molar-refractivity contribution >= 4 is 57.5 Å². The number of piperidine rings is 2. The zero-order chi connectivity index (χ0) is 75.0. The van der Waals surface area contributed by atoms with E-state index in [2.05, 4.69) is 62.7 Å². The number of alkyl halides is 9. The van der Waals surface area contributed by atoms with Gasteiger partial charge in [0.15, 0.2) is 0 Å². The maximum Gasteiger partial charge on any atom is 0.514 e. The predicted octanol–water partition coefficient (Wildman–Crippen LogP) is 16.0. The second-order valence-corrected chi connectivity index (χ2v) is 21.8. The Balaban J connectivity index is 0.00000128. The van der Waals surface area contributed by atoms with Gasteiger partial charge in [0.25, 0.3) is 0 Å². The molecule has 8 rings (SSSR count). The van der Waals surface area contributed by atoms with Gasteiger partial charge in [0.1, 0.15) is 22.6 Å². The fraction of sp³-hybridized carbons (Fsp3) is 0.463. The minimum atomic E-state index is -5.20. The van der Waals surface area contributed by atoms with Crippen LogP contribution in [-0.4, -0.2) is 179 Å². The number of aliphatic hydroxyl groups excluding tert-OH is 2.